The molecule has 0 aliphatic heterocycles. The predicted octanol–water partition coefficient (Wildman–Crippen LogP) is 5.16. The van der Waals surface area contributed by atoms with Gasteiger partial charge in [-0.25, -0.2) is 4.98 Å². The third-order valence-electron chi connectivity index (χ3n) is 3.05. The molecular weight excluding hydrogens is 447 g/mol. The fourth-order valence-electron chi connectivity index (χ4n) is 1.83. The number of hydrogen-bond donors (Lipinski definition) is 2. The number of rotatable bonds is 6. The Balaban J connectivity index is 2.04. The molecule has 0 fully saturated rings. The predicted molar refractivity (Wildman–Crippen MR) is 94.3 cm³/mol. The molecule has 0 spiro atoms. The van der Waals surface area contributed by atoms with Gasteiger partial charge in [0.25, 0.3) is 0 Å². The first-order valence-electron chi connectivity index (χ1n) is 6.52. The molecular formula is C14H12BrClF2NO3PS. The highest BCUT2D eigenvalue weighted by Crippen LogP contribution is 2.60. The van der Waals surface area contributed by atoms with Gasteiger partial charge in [-0.1, -0.05) is 45.7 Å². The number of pyridine rings is 1. The maximum absolute atomic E-state index is 13.7. The highest BCUT2D eigenvalue weighted by Gasteiger charge is 2.51. The number of aromatic nitrogens is 1. The van der Waals surface area contributed by atoms with Crippen molar-refractivity contribution in [3.8, 4) is 0 Å². The van der Waals surface area contributed by atoms with Gasteiger partial charge in [0.05, 0.1) is 0 Å². The molecule has 4 nitrogen and oxygen atoms in total. The van der Waals surface area contributed by atoms with E-state index in [9.17, 15) is 13.3 Å². The highest BCUT2D eigenvalue weighted by molar-refractivity contribution is 9.10. The Morgan fingerprint density at radius 2 is 1.83 bits per heavy atom. The standard InChI is InChI=1S/C14H12BrClF2NO3PS/c15-12-5-9(1-3-11(12)14(17,18)23(20,21)22)7-24-8-10-2-4-13(16)19-6-10/h1-6H,7-8H2,(H2,20,21,22). The van der Waals surface area contributed by atoms with Gasteiger partial charge in [-0.05, 0) is 23.3 Å². The zero-order chi connectivity index (χ0) is 18.0. The van der Waals surface area contributed by atoms with Gasteiger partial charge in [-0.15, -0.1) is 0 Å². The minimum atomic E-state index is -5.58. The lowest BCUT2D eigenvalue weighted by Gasteiger charge is -2.19. The first-order chi connectivity index (χ1) is 11.1. The van der Waals surface area contributed by atoms with Gasteiger partial charge in [0.15, 0.2) is 0 Å². The van der Waals surface area contributed by atoms with Crippen molar-refractivity contribution in [1.82, 2.24) is 4.98 Å². The molecule has 2 N–H and O–H groups in total. The van der Waals surface area contributed by atoms with E-state index in [-0.39, 0.29) is 4.47 Å². The molecule has 24 heavy (non-hydrogen) atoms. The largest absolute Gasteiger partial charge is 0.399 e. The van der Waals surface area contributed by atoms with Crippen molar-refractivity contribution >= 4 is 46.9 Å². The Morgan fingerprint density at radius 3 is 2.38 bits per heavy atom. The van der Waals surface area contributed by atoms with E-state index in [2.05, 4.69) is 20.9 Å². The minimum Gasteiger partial charge on any atom is -0.320 e. The van der Waals surface area contributed by atoms with Crippen molar-refractivity contribution in [2.24, 2.45) is 0 Å². The van der Waals surface area contributed by atoms with Crippen LogP contribution < -0.4 is 0 Å². The normalized spacial score (nSPS) is 12.4. The van der Waals surface area contributed by atoms with Crippen molar-refractivity contribution in [2.45, 2.75) is 17.2 Å². The lowest BCUT2D eigenvalue weighted by molar-refractivity contribution is 0.0557. The van der Waals surface area contributed by atoms with E-state index < -0.39 is 18.8 Å². The molecule has 2 rings (SSSR count). The van der Waals surface area contributed by atoms with Crippen LogP contribution in [0.5, 0.6) is 0 Å². The van der Waals surface area contributed by atoms with Crippen LogP contribution in [0.15, 0.2) is 41.0 Å². The summed E-state index contributed by atoms with van der Waals surface area (Å²) in [6, 6.07) is 7.43. The molecule has 1 heterocycles. The highest BCUT2D eigenvalue weighted by atomic mass is 79.9. The van der Waals surface area contributed by atoms with Gasteiger partial charge in [0, 0.05) is 27.7 Å². The third-order valence-corrected chi connectivity index (χ3v) is 5.98. The average molecular weight is 459 g/mol. The van der Waals surface area contributed by atoms with Gasteiger partial charge in [-0.2, -0.15) is 20.5 Å². The van der Waals surface area contributed by atoms with Crippen LogP contribution in [-0.4, -0.2) is 14.8 Å². The molecule has 0 radical (unpaired) electrons. The summed E-state index contributed by atoms with van der Waals surface area (Å²) in [5.74, 6) is 1.21. The van der Waals surface area contributed by atoms with Gasteiger partial charge in [0.2, 0.25) is 0 Å². The van der Waals surface area contributed by atoms with Crippen LogP contribution >= 0.6 is 46.9 Å². The van der Waals surface area contributed by atoms with Crippen LogP contribution in [0, 0.1) is 0 Å². The Hall–Kier alpha value is -0.500. The van der Waals surface area contributed by atoms with E-state index in [1.165, 1.54) is 12.1 Å². The summed E-state index contributed by atoms with van der Waals surface area (Å²) in [6.45, 7) is 0. The van der Waals surface area contributed by atoms with E-state index >= 15 is 0 Å². The lowest BCUT2D eigenvalue weighted by atomic mass is 10.1. The Kier molecular flexibility index (Phi) is 6.45. The second-order valence-corrected chi connectivity index (χ2v) is 8.76. The number of hydrogen-bond acceptors (Lipinski definition) is 3. The number of halogens is 4. The Morgan fingerprint density at radius 1 is 1.21 bits per heavy atom. The second-order valence-electron chi connectivity index (χ2n) is 4.88. The summed E-state index contributed by atoms with van der Waals surface area (Å²) < 4.78 is 38.4. The molecule has 0 unspecified atom stereocenters. The molecule has 0 saturated carbocycles. The maximum atomic E-state index is 13.7. The third kappa shape index (κ3) is 4.77. The van der Waals surface area contributed by atoms with Crippen molar-refractivity contribution in [1.29, 1.82) is 0 Å². The molecule has 1 aromatic carbocycles. The number of alkyl halides is 2. The van der Waals surface area contributed by atoms with Gasteiger partial charge in [-0.3, -0.25) is 4.57 Å². The molecule has 0 aliphatic carbocycles. The van der Waals surface area contributed by atoms with Crippen molar-refractivity contribution < 1.29 is 23.1 Å². The Labute approximate surface area is 154 Å². The van der Waals surface area contributed by atoms with Crippen LogP contribution in [0.25, 0.3) is 0 Å². The average Bonchev–Trinajstić information content (AvgIpc) is 2.48. The monoisotopic (exact) mass is 457 g/mol. The maximum Gasteiger partial charge on any atom is 0.399 e. The van der Waals surface area contributed by atoms with E-state index in [4.69, 9.17) is 21.4 Å². The summed E-state index contributed by atoms with van der Waals surface area (Å²) >= 11 is 10.2. The topological polar surface area (TPSA) is 70.4 Å². The van der Waals surface area contributed by atoms with E-state index in [0.29, 0.717) is 16.7 Å². The van der Waals surface area contributed by atoms with Gasteiger partial charge < -0.3 is 9.79 Å². The molecule has 0 atom stereocenters. The fourth-order valence-corrected chi connectivity index (χ4v) is 4.20. The molecule has 130 valence electrons. The summed E-state index contributed by atoms with van der Waals surface area (Å²) in [4.78, 5) is 21.6. The number of thioether (sulfide) groups is 1. The molecule has 1 aromatic heterocycles. The van der Waals surface area contributed by atoms with Gasteiger partial charge >= 0.3 is 13.3 Å². The van der Waals surface area contributed by atoms with E-state index in [1.54, 1.807) is 24.0 Å². The van der Waals surface area contributed by atoms with E-state index in [1.807, 2.05) is 6.07 Å². The van der Waals surface area contributed by atoms with Crippen LogP contribution in [0.3, 0.4) is 0 Å². The Bertz CT molecular complexity index is 773. The number of nitrogens with zero attached hydrogens (tertiary/aromatic N) is 1. The summed E-state index contributed by atoms with van der Waals surface area (Å²) in [6.07, 6.45) is 1.66. The van der Waals surface area contributed by atoms with Crippen molar-refractivity contribution in [2.75, 3.05) is 0 Å². The SMILES string of the molecule is O=P(O)(O)C(F)(F)c1ccc(CSCc2ccc(Cl)nc2)cc1Br. The zero-order valence-corrected chi connectivity index (χ0v) is 16.0. The van der Waals surface area contributed by atoms with Crippen molar-refractivity contribution in [3.05, 3.63) is 62.8 Å². The van der Waals surface area contributed by atoms with Crippen LogP contribution in [-0.2, 0) is 21.7 Å². The summed E-state index contributed by atoms with van der Waals surface area (Å²) in [5.41, 5.74) is -3.23. The zero-order valence-electron chi connectivity index (χ0n) is 12.0. The molecule has 0 amide bonds. The first-order valence-corrected chi connectivity index (χ1v) is 10.5. The molecule has 0 bridgehead atoms. The molecule has 0 saturated heterocycles. The molecule has 10 heteroatoms. The molecule has 0 aliphatic rings. The second kappa shape index (κ2) is 7.81. The lowest BCUT2D eigenvalue weighted by Crippen LogP contribution is -2.14. The van der Waals surface area contributed by atoms with Crippen LogP contribution in [0.2, 0.25) is 5.15 Å². The summed E-state index contributed by atoms with van der Waals surface area (Å²) in [7, 11) is -5.58. The minimum absolute atomic E-state index is 0.0397. The molecule has 2 aromatic rings. The smallest absolute Gasteiger partial charge is 0.320 e. The van der Waals surface area contributed by atoms with Crippen molar-refractivity contribution in [3.63, 3.8) is 0 Å². The first kappa shape index (κ1) is 19.8. The van der Waals surface area contributed by atoms with Gasteiger partial charge in [0.1, 0.15) is 5.15 Å². The fraction of sp³-hybridized carbons (Fsp3) is 0.214. The quantitative estimate of drug-likeness (QED) is 0.462. The van der Waals surface area contributed by atoms with Crippen LogP contribution in [0.1, 0.15) is 16.7 Å². The number of benzene rings is 1. The van der Waals surface area contributed by atoms with Crippen LogP contribution in [0.4, 0.5) is 8.78 Å². The van der Waals surface area contributed by atoms with E-state index in [0.717, 1.165) is 17.2 Å². The summed E-state index contributed by atoms with van der Waals surface area (Å²) in [5, 5.41) is 0.411.